The normalized spacial score (nSPS) is 10.4. The van der Waals surface area contributed by atoms with E-state index in [-0.39, 0.29) is 12.2 Å². The van der Waals surface area contributed by atoms with Gasteiger partial charge in [0.05, 0.1) is 0 Å². The molecule has 0 radical (unpaired) electrons. The van der Waals surface area contributed by atoms with Crippen molar-refractivity contribution >= 4 is 23.2 Å². The van der Waals surface area contributed by atoms with Crippen molar-refractivity contribution in [2.24, 2.45) is 0 Å². The Morgan fingerprint density at radius 1 is 1.12 bits per heavy atom. The number of nitrogens with one attached hydrogen (secondary N) is 1. The highest BCUT2D eigenvalue weighted by atomic mass is 35.5. The maximum atomic E-state index is 12.5. The second kappa shape index (κ2) is 7.89. The van der Waals surface area contributed by atoms with Crippen LogP contribution in [0, 0.1) is 6.92 Å². The molecule has 1 N–H and O–H groups in total. The minimum Gasteiger partial charge on any atom is -0.406 e. The van der Waals surface area contributed by atoms with E-state index in [0.29, 0.717) is 10.7 Å². The Morgan fingerprint density at radius 2 is 1.92 bits per heavy atom. The summed E-state index contributed by atoms with van der Waals surface area (Å²) in [5.74, 6) is -0.522. The first-order valence-corrected chi connectivity index (χ1v) is 8.38. The SMILES string of the molecule is Cc1cccc(COn2cccc(C(=O)Nc3cccc(Cl)c3)c2=O)c1. The standard InChI is InChI=1S/C20H17ClN2O3/c1-14-5-2-6-15(11-14)13-26-23-10-4-9-18(20(23)25)19(24)22-17-8-3-7-16(21)12-17/h2-12H,13H2,1H3,(H,22,24). The number of carbonyl (C=O) groups excluding carboxylic acids is 1. The van der Waals surface area contributed by atoms with E-state index >= 15 is 0 Å². The number of rotatable bonds is 5. The zero-order chi connectivity index (χ0) is 18.5. The molecule has 3 aromatic rings. The predicted molar refractivity (Wildman–Crippen MR) is 102 cm³/mol. The van der Waals surface area contributed by atoms with Crippen molar-refractivity contribution in [2.75, 3.05) is 5.32 Å². The number of aromatic nitrogens is 1. The molecule has 5 nitrogen and oxygen atoms in total. The first-order chi connectivity index (χ1) is 12.5. The van der Waals surface area contributed by atoms with Crippen LogP contribution in [0.2, 0.25) is 5.02 Å². The van der Waals surface area contributed by atoms with E-state index in [1.54, 1.807) is 30.3 Å². The summed E-state index contributed by atoms with van der Waals surface area (Å²) < 4.78 is 1.06. The van der Waals surface area contributed by atoms with E-state index in [1.165, 1.54) is 12.3 Å². The number of nitrogens with zero attached hydrogens (tertiary/aromatic N) is 1. The Kier molecular flexibility index (Phi) is 5.39. The third-order valence-corrected chi connectivity index (χ3v) is 3.93. The molecule has 0 aliphatic carbocycles. The van der Waals surface area contributed by atoms with Gasteiger partial charge in [0.1, 0.15) is 12.2 Å². The third kappa shape index (κ3) is 4.32. The summed E-state index contributed by atoms with van der Waals surface area (Å²) in [6.45, 7) is 2.21. The van der Waals surface area contributed by atoms with Gasteiger partial charge in [0.2, 0.25) is 0 Å². The summed E-state index contributed by atoms with van der Waals surface area (Å²) in [6, 6.07) is 17.5. The summed E-state index contributed by atoms with van der Waals surface area (Å²) >= 11 is 5.90. The first kappa shape index (κ1) is 17.8. The molecule has 1 heterocycles. The molecule has 0 aliphatic rings. The van der Waals surface area contributed by atoms with Crippen LogP contribution >= 0.6 is 11.6 Å². The van der Waals surface area contributed by atoms with Crippen LogP contribution in [-0.4, -0.2) is 10.6 Å². The molecule has 0 aliphatic heterocycles. The molecule has 2 aromatic carbocycles. The molecule has 132 valence electrons. The lowest BCUT2D eigenvalue weighted by atomic mass is 10.1. The highest BCUT2D eigenvalue weighted by Gasteiger charge is 2.13. The van der Waals surface area contributed by atoms with Crippen molar-refractivity contribution in [3.63, 3.8) is 0 Å². The fraction of sp³-hybridized carbons (Fsp3) is 0.100. The van der Waals surface area contributed by atoms with Crippen molar-refractivity contribution < 1.29 is 9.63 Å². The molecule has 0 unspecified atom stereocenters. The Hall–Kier alpha value is -3.05. The second-order valence-electron chi connectivity index (χ2n) is 5.78. The van der Waals surface area contributed by atoms with Crippen molar-refractivity contribution in [3.05, 3.63) is 98.9 Å². The number of amides is 1. The first-order valence-electron chi connectivity index (χ1n) is 8.00. The molecule has 0 saturated carbocycles. The zero-order valence-corrected chi connectivity index (χ0v) is 14.9. The molecule has 0 fully saturated rings. The lowest BCUT2D eigenvalue weighted by Gasteiger charge is -2.10. The number of hydrogen-bond acceptors (Lipinski definition) is 3. The van der Waals surface area contributed by atoms with Crippen LogP contribution in [-0.2, 0) is 6.61 Å². The van der Waals surface area contributed by atoms with E-state index in [1.807, 2.05) is 31.2 Å². The van der Waals surface area contributed by atoms with Crippen LogP contribution < -0.4 is 15.7 Å². The van der Waals surface area contributed by atoms with Gasteiger partial charge in [-0.05, 0) is 42.8 Å². The molecule has 3 rings (SSSR count). The molecule has 26 heavy (non-hydrogen) atoms. The lowest BCUT2D eigenvalue weighted by molar-refractivity contribution is 0.0863. The van der Waals surface area contributed by atoms with E-state index in [0.717, 1.165) is 15.9 Å². The monoisotopic (exact) mass is 368 g/mol. The fourth-order valence-electron chi connectivity index (χ4n) is 2.46. The number of carbonyl (C=O) groups is 1. The molecule has 0 saturated heterocycles. The molecular weight excluding hydrogens is 352 g/mol. The van der Waals surface area contributed by atoms with Gasteiger partial charge in [-0.15, -0.1) is 0 Å². The van der Waals surface area contributed by atoms with E-state index in [9.17, 15) is 9.59 Å². The molecule has 1 amide bonds. The van der Waals surface area contributed by atoms with E-state index in [2.05, 4.69) is 5.32 Å². The number of benzene rings is 2. The number of halogens is 1. The number of pyridine rings is 1. The van der Waals surface area contributed by atoms with Crippen LogP contribution in [0.25, 0.3) is 0 Å². The molecule has 0 atom stereocenters. The van der Waals surface area contributed by atoms with Crippen molar-refractivity contribution in [2.45, 2.75) is 13.5 Å². The zero-order valence-electron chi connectivity index (χ0n) is 14.1. The van der Waals surface area contributed by atoms with Crippen LogP contribution in [0.1, 0.15) is 21.5 Å². The summed E-state index contributed by atoms with van der Waals surface area (Å²) in [5.41, 5.74) is 2.01. The third-order valence-electron chi connectivity index (χ3n) is 3.69. The topological polar surface area (TPSA) is 60.3 Å². The summed E-state index contributed by atoms with van der Waals surface area (Å²) in [6.07, 6.45) is 1.48. The fourth-order valence-corrected chi connectivity index (χ4v) is 2.65. The average molecular weight is 369 g/mol. The maximum absolute atomic E-state index is 12.5. The summed E-state index contributed by atoms with van der Waals surface area (Å²) in [5, 5.41) is 3.15. The maximum Gasteiger partial charge on any atom is 0.295 e. The minimum atomic E-state index is -0.528. The molecule has 1 aromatic heterocycles. The molecular formula is C20H17ClN2O3. The highest BCUT2D eigenvalue weighted by molar-refractivity contribution is 6.30. The van der Waals surface area contributed by atoms with Crippen LogP contribution in [0.15, 0.2) is 71.7 Å². The van der Waals surface area contributed by atoms with Gasteiger partial charge in [0, 0.05) is 16.9 Å². The van der Waals surface area contributed by atoms with Gasteiger partial charge in [-0.2, -0.15) is 4.73 Å². The second-order valence-corrected chi connectivity index (χ2v) is 6.22. The minimum absolute atomic E-state index is 0.0169. The Labute approximate surface area is 155 Å². The predicted octanol–water partition coefficient (Wildman–Crippen LogP) is 3.69. The van der Waals surface area contributed by atoms with Crippen LogP contribution in [0.4, 0.5) is 5.69 Å². The Balaban J connectivity index is 1.76. The van der Waals surface area contributed by atoms with Gasteiger partial charge in [0.15, 0.2) is 0 Å². The average Bonchev–Trinajstić information content (AvgIpc) is 2.61. The van der Waals surface area contributed by atoms with Crippen molar-refractivity contribution in [3.8, 4) is 0 Å². The van der Waals surface area contributed by atoms with Gasteiger partial charge in [-0.1, -0.05) is 47.5 Å². The van der Waals surface area contributed by atoms with Gasteiger partial charge < -0.3 is 10.2 Å². The summed E-state index contributed by atoms with van der Waals surface area (Å²) in [4.78, 5) is 30.4. The lowest BCUT2D eigenvalue weighted by Crippen LogP contribution is -2.32. The van der Waals surface area contributed by atoms with Crippen molar-refractivity contribution in [1.29, 1.82) is 0 Å². The van der Waals surface area contributed by atoms with E-state index < -0.39 is 11.5 Å². The highest BCUT2D eigenvalue weighted by Crippen LogP contribution is 2.15. The smallest absolute Gasteiger partial charge is 0.295 e. The number of anilines is 1. The van der Waals surface area contributed by atoms with E-state index in [4.69, 9.17) is 16.4 Å². The van der Waals surface area contributed by atoms with Gasteiger partial charge in [-0.3, -0.25) is 9.59 Å². The Bertz CT molecular complexity index is 998. The van der Waals surface area contributed by atoms with Gasteiger partial charge >= 0.3 is 0 Å². The molecule has 0 bridgehead atoms. The van der Waals surface area contributed by atoms with Gasteiger partial charge in [0.25, 0.3) is 11.5 Å². The largest absolute Gasteiger partial charge is 0.406 e. The van der Waals surface area contributed by atoms with Crippen LogP contribution in [0.3, 0.4) is 0 Å². The van der Waals surface area contributed by atoms with Gasteiger partial charge in [-0.25, -0.2) is 0 Å². The summed E-state index contributed by atoms with van der Waals surface area (Å²) in [7, 11) is 0. The quantitative estimate of drug-likeness (QED) is 0.747. The number of aryl methyl sites for hydroxylation is 1. The molecule has 0 spiro atoms. The Morgan fingerprint density at radius 3 is 2.69 bits per heavy atom. The number of hydrogen-bond donors (Lipinski definition) is 1. The molecule has 6 heteroatoms. The van der Waals surface area contributed by atoms with Crippen molar-refractivity contribution in [1.82, 2.24) is 4.73 Å². The van der Waals surface area contributed by atoms with Crippen LogP contribution in [0.5, 0.6) is 0 Å².